The standard InChI is InChI=1S/C20H28N2O3/c1-16(23)21-12-5-13-22(15-14-21)19(24)20(10-3-4-11-20)17-6-8-18(25-2)9-7-17/h6-9H,3-5,10-15H2,1-2H3. The third-order valence-corrected chi connectivity index (χ3v) is 5.74. The number of carbonyl (C=O) groups excluding carboxylic acids is 2. The monoisotopic (exact) mass is 344 g/mol. The Labute approximate surface area is 149 Å². The number of amides is 2. The van der Waals surface area contributed by atoms with E-state index in [-0.39, 0.29) is 11.8 Å². The van der Waals surface area contributed by atoms with Gasteiger partial charge in [-0.1, -0.05) is 25.0 Å². The normalized spacial score (nSPS) is 20.2. The maximum absolute atomic E-state index is 13.5. The minimum absolute atomic E-state index is 0.0973. The van der Waals surface area contributed by atoms with E-state index in [4.69, 9.17) is 4.74 Å². The maximum Gasteiger partial charge on any atom is 0.233 e. The van der Waals surface area contributed by atoms with E-state index in [2.05, 4.69) is 0 Å². The highest BCUT2D eigenvalue weighted by molar-refractivity contribution is 5.89. The molecule has 0 N–H and O–H groups in total. The lowest BCUT2D eigenvalue weighted by atomic mass is 9.77. The van der Waals surface area contributed by atoms with E-state index in [1.54, 1.807) is 14.0 Å². The number of nitrogens with zero attached hydrogens (tertiary/aromatic N) is 2. The summed E-state index contributed by atoms with van der Waals surface area (Å²) in [5.74, 6) is 1.15. The first-order valence-corrected chi connectivity index (χ1v) is 9.26. The molecule has 5 heteroatoms. The molecule has 1 aliphatic carbocycles. The van der Waals surface area contributed by atoms with E-state index < -0.39 is 5.41 Å². The zero-order valence-corrected chi connectivity index (χ0v) is 15.3. The summed E-state index contributed by atoms with van der Waals surface area (Å²) < 4.78 is 5.26. The molecule has 2 amide bonds. The van der Waals surface area contributed by atoms with Crippen molar-refractivity contribution >= 4 is 11.8 Å². The molecule has 0 atom stereocenters. The van der Waals surface area contributed by atoms with Gasteiger partial charge in [0.1, 0.15) is 5.75 Å². The van der Waals surface area contributed by atoms with Crippen LogP contribution in [0.2, 0.25) is 0 Å². The Morgan fingerprint density at radius 2 is 1.52 bits per heavy atom. The highest BCUT2D eigenvalue weighted by atomic mass is 16.5. The third-order valence-electron chi connectivity index (χ3n) is 5.74. The Balaban J connectivity index is 1.82. The SMILES string of the molecule is COc1ccc(C2(C(=O)N3CCCN(C(C)=O)CC3)CCCC2)cc1. The van der Waals surface area contributed by atoms with Gasteiger partial charge in [0.15, 0.2) is 0 Å². The van der Waals surface area contributed by atoms with Gasteiger partial charge >= 0.3 is 0 Å². The fourth-order valence-corrected chi connectivity index (χ4v) is 4.25. The quantitative estimate of drug-likeness (QED) is 0.847. The first-order valence-electron chi connectivity index (χ1n) is 9.26. The van der Waals surface area contributed by atoms with E-state index in [9.17, 15) is 9.59 Å². The van der Waals surface area contributed by atoms with Crippen LogP contribution >= 0.6 is 0 Å². The van der Waals surface area contributed by atoms with E-state index >= 15 is 0 Å². The first-order chi connectivity index (χ1) is 12.1. The van der Waals surface area contributed by atoms with Gasteiger partial charge < -0.3 is 14.5 Å². The van der Waals surface area contributed by atoms with Crippen LogP contribution < -0.4 is 4.74 Å². The molecule has 1 aromatic carbocycles. The Bertz CT molecular complexity index is 620. The van der Waals surface area contributed by atoms with Crippen molar-refractivity contribution in [3.63, 3.8) is 0 Å². The van der Waals surface area contributed by atoms with Crippen LogP contribution in [0.3, 0.4) is 0 Å². The van der Waals surface area contributed by atoms with Crippen LogP contribution in [0.25, 0.3) is 0 Å². The van der Waals surface area contributed by atoms with Crippen LogP contribution in [-0.2, 0) is 15.0 Å². The average molecular weight is 344 g/mol. The summed E-state index contributed by atoms with van der Waals surface area (Å²) >= 11 is 0. The predicted molar refractivity (Wildman–Crippen MR) is 96.6 cm³/mol. The van der Waals surface area contributed by atoms with E-state index in [0.29, 0.717) is 13.1 Å². The van der Waals surface area contributed by atoms with Gasteiger partial charge in [-0.25, -0.2) is 0 Å². The molecule has 2 fully saturated rings. The zero-order valence-electron chi connectivity index (χ0n) is 15.3. The van der Waals surface area contributed by atoms with E-state index in [0.717, 1.165) is 56.5 Å². The molecule has 1 saturated heterocycles. The number of carbonyl (C=O) groups is 2. The molecule has 1 aliphatic heterocycles. The summed E-state index contributed by atoms with van der Waals surface area (Å²) in [7, 11) is 1.66. The summed E-state index contributed by atoms with van der Waals surface area (Å²) in [5, 5.41) is 0. The summed E-state index contributed by atoms with van der Waals surface area (Å²) in [5.41, 5.74) is 0.695. The summed E-state index contributed by atoms with van der Waals surface area (Å²) in [4.78, 5) is 29.0. The van der Waals surface area contributed by atoms with Crippen molar-refractivity contribution in [1.29, 1.82) is 0 Å². The molecule has 0 aromatic heterocycles. The first kappa shape index (κ1) is 17.8. The van der Waals surface area contributed by atoms with Gasteiger partial charge in [0.25, 0.3) is 0 Å². The molecular formula is C20H28N2O3. The van der Waals surface area contributed by atoms with Crippen LogP contribution in [0.5, 0.6) is 5.75 Å². The summed E-state index contributed by atoms with van der Waals surface area (Å²) in [6.45, 7) is 4.36. The van der Waals surface area contributed by atoms with Crippen molar-refractivity contribution in [1.82, 2.24) is 9.80 Å². The highest BCUT2D eigenvalue weighted by Crippen LogP contribution is 2.43. The third kappa shape index (κ3) is 3.51. The van der Waals surface area contributed by atoms with Gasteiger partial charge in [-0.05, 0) is 37.0 Å². The Morgan fingerprint density at radius 1 is 0.920 bits per heavy atom. The molecular weight excluding hydrogens is 316 g/mol. The molecule has 136 valence electrons. The van der Waals surface area contributed by atoms with E-state index in [1.807, 2.05) is 34.1 Å². The molecule has 0 unspecified atom stereocenters. The summed E-state index contributed by atoms with van der Waals surface area (Å²) in [6.07, 6.45) is 4.84. The number of benzene rings is 1. The average Bonchev–Trinajstić information content (AvgIpc) is 2.99. The number of ether oxygens (including phenoxy) is 1. The second kappa shape index (κ2) is 7.46. The Hall–Kier alpha value is -2.04. The Morgan fingerprint density at radius 3 is 2.12 bits per heavy atom. The second-order valence-electron chi connectivity index (χ2n) is 7.17. The molecule has 2 aliphatic rings. The number of methoxy groups -OCH3 is 1. The van der Waals surface area contributed by atoms with Crippen LogP contribution in [0.15, 0.2) is 24.3 Å². The molecule has 25 heavy (non-hydrogen) atoms. The Kier molecular flexibility index (Phi) is 5.30. The van der Waals surface area contributed by atoms with Crippen molar-refractivity contribution in [3.05, 3.63) is 29.8 Å². The number of rotatable bonds is 3. The van der Waals surface area contributed by atoms with Gasteiger partial charge in [0, 0.05) is 33.1 Å². The van der Waals surface area contributed by atoms with Crippen molar-refractivity contribution in [2.24, 2.45) is 0 Å². The lowest BCUT2D eigenvalue weighted by Gasteiger charge is -2.34. The highest BCUT2D eigenvalue weighted by Gasteiger charge is 2.45. The molecule has 3 rings (SSSR count). The van der Waals surface area contributed by atoms with Crippen LogP contribution in [-0.4, -0.2) is 54.9 Å². The largest absolute Gasteiger partial charge is 0.497 e. The molecule has 1 aromatic rings. The number of hydrogen-bond donors (Lipinski definition) is 0. The molecule has 0 spiro atoms. The van der Waals surface area contributed by atoms with Crippen molar-refractivity contribution in [2.75, 3.05) is 33.3 Å². The van der Waals surface area contributed by atoms with Gasteiger partial charge in [0.2, 0.25) is 11.8 Å². The van der Waals surface area contributed by atoms with Gasteiger partial charge in [-0.2, -0.15) is 0 Å². The molecule has 0 bridgehead atoms. The molecule has 1 heterocycles. The van der Waals surface area contributed by atoms with Crippen molar-refractivity contribution in [2.45, 2.75) is 44.4 Å². The smallest absolute Gasteiger partial charge is 0.233 e. The van der Waals surface area contributed by atoms with Crippen LogP contribution in [0.1, 0.15) is 44.6 Å². The number of hydrogen-bond acceptors (Lipinski definition) is 3. The summed E-state index contributed by atoms with van der Waals surface area (Å²) in [6, 6.07) is 7.98. The lowest BCUT2D eigenvalue weighted by molar-refractivity contribution is -0.137. The second-order valence-corrected chi connectivity index (χ2v) is 7.17. The van der Waals surface area contributed by atoms with Crippen LogP contribution in [0, 0.1) is 0 Å². The molecule has 1 saturated carbocycles. The molecule has 0 radical (unpaired) electrons. The van der Waals surface area contributed by atoms with Gasteiger partial charge in [0.05, 0.1) is 12.5 Å². The maximum atomic E-state index is 13.5. The van der Waals surface area contributed by atoms with Crippen molar-refractivity contribution in [3.8, 4) is 5.75 Å². The van der Waals surface area contributed by atoms with Crippen molar-refractivity contribution < 1.29 is 14.3 Å². The zero-order chi connectivity index (χ0) is 17.9. The fourth-order valence-electron chi connectivity index (χ4n) is 4.25. The predicted octanol–water partition coefficient (Wildman–Crippen LogP) is 2.59. The van der Waals surface area contributed by atoms with Gasteiger partial charge in [-0.15, -0.1) is 0 Å². The lowest BCUT2D eigenvalue weighted by Crippen LogP contribution is -2.47. The minimum Gasteiger partial charge on any atom is -0.497 e. The van der Waals surface area contributed by atoms with Crippen LogP contribution in [0.4, 0.5) is 0 Å². The fraction of sp³-hybridized carbons (Fsp3) is 0.600. The topological polar surface area (TPSA) is 49.9 Å². The van der Waals surface area contributed by atoms with Gasteiger partial charge in [-0.3, -0.25) is 9.59 Å². The minimum atomic E-state index is -0.405. The molecule has 5 nitrogen and oxygen atoms in total. The van der Waals surface area contributed by atoms with E-state index in [1.165, 1.54) is 0 Å².